The van der Waals surface area contributed by atoms with Gasteiger partial charge in [0.2, 0.25) is 0 Å². The summed E-state index contributed by atoms with van der Waals surface area (Å²) in [5.74, 6) is -0.121. The number of phenolic OH excluding ortho intramolecular Hbond substituents is 1. The Balaban J connectivity index is 1.63. The van der Waals surface area contributed by atoms with Gasteiger partial charge in [-0.3, -0.25) is 14.8 Å². The Morgan fingerprint density at radius 3 is 2.16 bits per heavy atom. The van der Waals surface area contributed by atoms with Crippen molar-refractivity contribution >= 4 is 44.6 Å². The van der Waals surface area contributed by atoms with E-state index in [-0.39, 0.29) is 21.3 Å². The number of hydrogen-bond donors (Lipinski definition) is 4. The standard InChI is InChI=1S/C21H19N3O5S2/c1-29-16-10-6-15(7-11-16)24-31(27,28)17-12-8-14(9-13-17)22-21(30)23-20(26)18-4-2-3-5-19(18)25/h2-13,24-25H,1H3,(H2,22,23,26,30). The van der Waals surface area contributed by atoms with E-state index < -0.39 is 15.9 Å². The first-order valence-corrected chi connectivity index (χ1v) is 10.8. The number of carbonyl (C=O) groups excluding carboxylic acids is 1. The molecule has 10 heteroatoms. The number of rotatable bonds is 6. The van der Waals surface area contributed by atoms with E-state index in [1.807, 2.05) is 0 Å². The summed E-state index contributed by atoms with van der Waals surface area (Å²) in [4.78, 5) is 12.2. The molecule has 0 aromatic heterocycles. The van der Waals surface area contributed by atoms with Gasteiger partial charge in [-0.05, 0) is 72.9 Å². The Morgan fingerprint density at radius 2 is 1.55 bits per heavy atom. The number of benzene rings is 3. The van der Waals surface area contributed by atoms with Crippen molar-refractivity contribution in [2.24, 2.45) is 0 Å². The number of anilines is 2. The zero-order chi connectivity index (χ0) is 22.4. The summed E-state index contributed by atoms with van der Waals surface area (Å²) in [5, 5.41) is 15.0. The lowest BCUT2D eigenvalue weighted by atomic mass is 10.2. The Morgan fingerprint density at radius 1 is 0.935 bits per heavy atom. The lowest BCUT2D eigenvalue weighted by Crippen LogP contribution is -2.34. The van der Waals surface area contributed by atoms with Crippen molar-refractivity contribution in [2.45, 2.75) is 4.90 Å². The van der Waals surface area contributed by atoms with E-state index in [9.17, 15) is 18.3 Å². The lowest BCUT2D eigenvalue weighted by Gasteiger charge is -2.12. The fourth-order valence-electron chi connectivity index (χ4n) is 2.59. The first-order chi connectivity index (χ1) is 14.8. The molecule has 0 unspecified atom stereocenters. The quantitative estimate of drug-likeness (QED) is 0.420. The number of hydrogen-bond acceptors (Lipinski definition) is 6. The van der Waals surface area contributed by atoms with Gasteiger partial charge in [0.15, 0.2) is 5.11 Å². The molecule has 0 saturated heterocycles. The number of phenols is 1. The topological polar surface area (TPSA) is 117 Å². The molecule has 3 aromatic carbocycles. The average molecular weight is 458 g/mol. The minimum atomic E-state index is -3.79. The molecule has 0 aliphatic heterocycles. The summed E-state index contributed by atoms with van der Waals surface area (Å²) in [5.41, 5.74) is 0.958. The van der Waals surface area contributed by atoms with E-state index in [1.165, 1.54) is 43.5 Å². The molecule has 4 N–H and O–H groups in total. The van der Waals surface area contributed by atoms with Crippen LogP contribution in [-0.2, 0) is 10.0 Å². The minimum Gasteiger partial charge on any atom is -0.507 e. The third kappa shape index (κ3) is 5.71. The molecular weight excluding hydrogens is 438 g/mol. The van der Waals surface area contributed by atoms with E-state index in [0.29, 0.717) is 17.1 Å². The fourth-order valence-corrected chi connectivity index (χ4v) is 3.86. The average Bonchev–Trinajstić information content (AvgIpc) is 2.74. The third-order valence-corrected chi connectivity index (χ3v) is 5.74. The molecule has 0 aliphatic carbocycles. The molecule has 0 heterocycles. The van der Waals surface area contributed by atoms with Crippen LogP contribution in [0.15, 0.2) is 77.7 Å². The van der Waals surface area contributed by atoms with E-state index >= 15 is 0 Å². The lowest BCUT2D eigenvalue weighted by molar-refractivity contribution is 0.0975. The van der Waals surface area contributed by atoms with Gasteiger partial charge >= 0.3 is 0 Å². The summed E-state index contributed by atoms with van der Waals surface area (Å²) >= 11 is 5.10. The van der Waals surface area contributed by atoms with E-state index in [1.54, 1.807) is 36.4 Å². The summed E-state index contributed by atoms with van der Waals surface area (Å²) < 4.78 is 32.6. The molecule has 31 heavy (non-hydrogen) atoms. The van der Waals surface area contributed by atoms with Crippen molar-refractivity contribution < 1.29 is 23.1 Å². The summed E-state index contributed by atoms with van der Waals surface area (Å²) in [6, 6.07) is 18.4. The molecule has 0 saturated carbocycles. The second-order valence-electron chi connectivity index (χ2n) is 6.28. The highest BCUT2D eigenvalue weighted by Gasteiger charge is 2.15. The molecule has 0 radical (unpaired) electrons. The fraction of sp³-hybridized carbons (Fsp3) is 0.0476. The molecule has 160 valence electrons. The molecule has 0 aliphatic rings. The number of carbonyl (C=O) groups is 1. The van der Waals surface area contributed by atoms with Crippen molar-refractivity contribution in [3.05, 3.63) is 78.4 Å². The zero-order valence-electron chi connectivity index (χ0n) is 16.3. The Bertz CT molecular complexity index is 1190. The van der Waals surface area contributed by atoms with Crippen LogP contribution in [0.25, 0.3) is 0 Å². The Labute approximate surface area is 184 Å². The number of methoxy groups -OCH3 is 1. The highest BCUT2D eigenvalue weighted by molar-refractivity contribution is 7.92. The van der Waals surface area contributed by atoms with Crippen LogP contribution in [0.5, 0.6) is 11.5 Å². The number of amides is 1. The Hall–Kier alpha value is -3.63. The molecule has 0 fully saturated rings. The number of para-hydroxylation sites is 1. The predicted octanol–water partition coefficient (Wildman–Crippen LogP) is 3.33. The van der Waals surface area contributed by atoms with Crippen molar-refractivity contribution in [3.63, 3.8) is 0 Å². The van der Waals surface area contributed by atoms with Crippen LogP contribution < -0.4 is 20.1 Å². The maximum atomic E-state index is 12.6. The van der Waals surface area contributed by atoms with Crippen LogP contribution >= 0.6 is 12.2 Å². The molecule has 3 aromatic rings. The second kappa shape index (κ2) is 9.45. The van der Waals surface area contributed by atoms with Gasteiger partial charge in [-0.2, -0.15) is 0 Å². The van der Waals surface area contributed by atoms with Crippen molar-refractivity contribution in [1.29, 1.82) is 0 Å². The molecule has 0 atom stereocenters. The number of sulfonamides is 1. The highest BCUT2D eigenvalue weighted by atomic mass is 32.2. The van der Waals surface area contributed by atoms with Gasteiger partial charge in [0.05, 0.1) is 17.6 Å². The zero-order valence-corrected chi connectivity index (χ0v) is 18.0. The van der Waals surface area contributed by atoms with E-state index in [4.69, 9.17) is 17.0 Å². The van der Waals surface area contributed by atoms with Gasteiger partial charge in [0.1, 0.15) is 11.5 Å². The van der Waals surface area contributed by atoms with Crippen LogP contribution in [0, 0.1) is 0 Å². The van der Waals surface area contributed by atoms with Gasteiger partial charge in [-0.25, -0.2) is 8.42 Å². The maximum Gasteiger partial charge on any atom is 0.261 e. The van der Waals surface area contributed by atoms with E-state index in [2.05, 4.69) is 15.4 Å². The third-order valence-electron chi connectivity index (χ3n) is 4.14. The molecule has 8 nitrogen and oxygen atoms in total. The molecule has 1 amide bonds. The van der Waals surface area contributed by atoms with Crippen molar-refractivity contribution in [2.75, 3.05) is 17.1 Å². The SMILES string of the molecule is COc1ccc(NS(=O)(=O)c2ccc(NC(=S)NC(=O)c3ccccc3O)cc2)cc1. The van der Waals surface area contributed by atoms with Gasteiger partial charge in [-0.1, -0.05) is 12.1 Å². The maximum absolute atomic E-state index is 12.6. The molecule has 0 spiro atoms. The molecule has 3 rings (SSSR count). The number of nitrogens with one attached hydrogen (secondary N) is 3. The van der Waals surface area contributed by atoms with Crippen LogP contribution in [0.3, 0.4) is 0 Å². The summed E-state index contributed by atoms with van der Waals surface area (Å²) in [6.45, 7) is 0. The van der Waals surface area contributed by atoms with Crippen molar-refractivity contribution in [3.8, 4) is 11.5 Å². The molecular formula is C21H19N3O5S2. The smallest absolute Gasteiger partial charge is 0.261 e. The second-order valence-corrected chi connectivity index (χ2v) is 8.37. The first kappa shape index (κ1) is 22.1. The largest absolute Gasteiger partial charge is 0.507 e. The summed E-state index contributed by atoms with van der Waals surface area (Å²) in [6.07, 6.45) is 0. The predicted molar refractivity (Wildman–Crippen MR) is 122 cm³/mol. The monoisotopic (exact) mass is 457 g/mol. The van der Waals surface area contributed by atoms with Gasteiger partial charge < -0.3 is 15.2 Å². The minimum absolute atomic E-state index is 0.000202. The first-order valence-electron chi connectivity index (χ1n) is 8.96. The van der Waals surface area contributed by atoms with Crippen LogP contribution in [0.1, 0.15) is 10.4 Å². The number of thiocarbonyl (C=S) groups is 1. The highest BCUT2D eigenvalue weighted by Crippen LogP contribution is 2.21. The van der Waals surface area contributed by atoms with Gasteiger partial charge in [-0.15, -0.1) is 0 Å². The number of ether oxygens (including phenoxy) is 1. The van der Waals surface area contributed by atoms with Gasteiger partial charge in [0, 0.05) is 11.4 Å². The van der Waals surface area contributed by atoms with E-state index in [0.717, 1.165) is 0 Å². The van der Waals surface area contributed by atoms with Crippen molar-refractivity contribution in [1.82, 2.24) is 5.32 Å². The molecule has 0 bridgehead atoms. The normalized spacial score (nSPS) is 10.7. The van der Waals surface area contributed by atoms with Crippen LogP contribution in [0.2, 0.25) is 0 Å². The number of aromatic hydroxyl groups is 1. The van der Waals surface area contributed by atoms with Crippen LogP contribution in [0.4, 0.5) is 11.4 Å². The van der Waals surface area contributed by atoms with Gasteiger partial charge in [0.25, 0.3) is 15.9 Å². The summed E-state index contributed by atoms with van der Waals surface area (Å²) in [7, 11) is -2.26. The van der Waals surface area contributed by atoms with Crippen LogP contribution in [-0.4, -0.2) is 31.7 Å². The Kier molecular flexibility index (Phi) is 6.73.